The lowest BCUT2D eigenvalue weighted by atomic mass is 10.0. The van der Waals surface area contributed by atoms with Crippen molar-refractivity contribution in [2.75, 3.05) is 0 Å². The zero-order valence-electron chi connectivity index (χ0n) is 6.58. The van der Waals surface area contributed by atoms with Crippen LogP contribution in [-0.4, -0.2) is 17.3 Å². The lowest BCUT2D eigenvalue weighted by molar-refractivity contribution is -0.463. The third-order valence-corrected chi connectivity index (χ3v) is 1.57. The second-order valence-corrected chi connectivity index (χ2v) is 2.54. The Morgan fingerprint density at radius 2 is 2.00 bits per heavy atom. The highest BCUT2D eigenvalue weighted by atomic mass is 19.4. The van der Waals surface area contributed by atoms with Crippen molar-refractivity contribution in [1.82, 2.24) is 0 Å². The van der Waals surface area contributed by atoms with Gasteiger partial charge in [-0.25, -0.2) is 4.39 Å². The maximum Gasteiger partial charge on any atom is 0.416 e. The summed E-state index contributed by atoms with van der Waals surface area (Å²) in [6.07, 6.45) is -5.60. The summed E-state index contributed by atoms with van der Waals surface area (Å²) < 4.78 is 48.8. The summed E-state index contributed by atoms with van der Waals surface area (Å²) in [4.78, 5) is 8.95. The highest BCUT2D eigenvalue weighted by Gasteiger charge is 2.41. The van der Waals surface area contributed by atoms with Gasteiger partial charge in [0.25, 0.3) is 0 Å². The molecule has 0 amide bonds. The molecule has 7 heteroatoms. The monoisotopic (exact) mass is 210 g/mol. The molecule has 14 heavy (non-hydrogen) atoms. The van der Waals surface area contributed by atoms with Gasteiger partial charge in [-0.2, -0.15) is 13.2 Å². The van der Waals surface area contributed by atoms with E-state index in [2.05, 4.69) is 0 Å². The van der Waals surface area contributed by atoms with Crippen LogP contribution in [0.4, 0.5) is 17.6 Å². The van der Waals surface area contributed by atoms with Crippen molar-refractivity contribution in [3.05, 3.63) is 40.0 Å². The summed E-state index contributed by atoms with van der Waals surface area (Å²) in [6, 6.07) is -1.10. The van der Waals surface area contributed by atoms with E-state index in [0.29, 0.717) is 12.2 Å². The minimum Gasteiger partial charge on any atom is -0.263 e. The van der Waals surface area contributed by atoms with Crippen molar-refractivity contribution in [2.45, 2.75) is 12.3 Å². The molecule has 1 unspecified atom stereocenters. The molecular weight excluding hydrogens is 206 g/mol. The van der Waals surface area contributed by atoms with Gasteiger partial charge in [0.1, 0.15) is 0 Å². The first-order valence-corrected chi connectivity index (χ1v) is 3.45. The Bertz CT molecular complexity index is 307. The van der Waals surface area contributed by atoms with Gasteiger partial charge < -0.3 is 0 Å². The molecule has 0 spiro atoms. The summed E-state index contributed by atoms with van der Waals surface area (Å²) in [5.74, 6) is 0. The molecule has 1 aliphatic rings. The topological polar surface area (TPSA) is 43.1 Å². The molecule has 0 aromatic rings. The summed E-state index contributed by atoms with van der Waals surface area (Å²) in [5, 5.41) is 10.1. The second-order valence-electron chi connectivity index (χ2n) is 2.54. The molecule has 1 radical (unpaired) electrons. The van der Waals surface area contributed by atoms with Crippen LogP contribution in [0, 0.1) is 16.2 Å². The molecule has 0 saturated carbocycles. The van der Waals surface area contributed by atoms with Crippen LogP contribution in [0.2, 0.25) is 0 Å². The summed E-state index contributed by atoms with van der Waals surface area (Å²) in [5.41, 5.74) is -1.22. The van der Waals surface area contributed by atoms with Crippen molar-refractivity contribution in [3.63, 3.8) is 0 Å². The van der Waals surface area contributed by atoms with Gasteiger partial charge in [0.05, 0.1) is 5.57 Å². The van der Waals surface area contributed by atoms with Crippen LogP contribution in [-0.2, 0) is 0 Å². The van der Waals surface area contributed by atoms with E-state index in [9.17, 15) is 27.7 Å². The van der Waals surface area contributed by atoms with Crippen LogP contribution >= 0.6 is 0 Å². The Labute approximate surface area is 75.9 Å². The van der Waals surface area contributed by atoms with Gasteiger partial charge in [-0.1, -0.05) is 6.08 Å². The molecule has 77 valence electrons. The molecule has 0 aromatic heterocycles. The van der Waals surface area contributed by atoms with Gasteiger partial charge in [-0.3, -0.25) is 10.1 Å². The number of alkyl halides is 4. The van der Waals surface area contributed by atoms with Crippen LogP contribution in [0.25, 0.3) is 0 Å². The lowest BCUT2D eigenvalue weighted by Gasteiger charge is -2.14. The molecule has 1 rings (SSSR count). The number of rotatable bonds is 1. The van der Waals surface area contributed by atoms with Gasteiger partial charge in [-0.05, 0) is 6.08 Å². The molecule has 0 heterocycles. The van der Waals surface area contributed by atoms with Crippen molar-refractivity contribution in [1.29, 1.82) is 0 Å². The van der Waals surface area contributed by atoms with E-state index in [1.54, 1.807) is 0 Å². The number of hydrogen-bond acceptors (Lipinski definition) is 2. The number of nitro groups is 1. The first kappa shape index (κ1) is 10.7. The minimum atomic E-state index is -4.70. The fourth-order valence-electron chi connectivity index (χ4n) is 0.904. The van der Waals surface area contributed by atoms with Gasteiger partial charge in [0.2, 0.25) is 6.17 Å². The molecule has 1 aliphatic carbocycles. The number of allylic oxidation sites excluding steroid dienone is 2. The first-order chi connectivity index (χ1) is 6.32. The Kier molecular flexibility index (Phi) is 2.59. The zero-order valence-corrected chi connectivity index (χ0v) is 6.58. The van der Waals surface area contributed by atoms with Gasteiger partial charge >= 0.3 is 12.2 Å². The van der Waals surface area contributed by atoms with E-state index in [-0.39, 0.29) is 6.08 Å². The Morgan fingerprint density at radius 1 is 1.43 bits per heavy atom. The fraction of sp³-hybridized carbons (Fsp3) is 0.286. The quantitative estimate of drug-likeness (QED) is 0.378. The molecule has 0 saturated heterocycles. The SMILES string of the molecule is O=[N+]([O-])[C]1C=C(C(F)(F)F)C=CC1F. The molecule has 0 aliphatic heterocycles. The Morgan fingerprint density at radius 3 is 2.43 bits per heavy atom. The van der Waals surface area contributed by atoms with Gasteiger partial charge in [-0.15, -0.1) is 0 Å². The highest BCUT2D eigenvalue weighted by Crippen LogP contribution is 2.32. The molecular formula is C7H4F4NO2. The van der Waals surface area contributed by atoms with Crippen LogP contribution in [0.5, 0.6) is 0 Å². The largest absolute Gasteiger partial charge is 0.416 e. The van der Waals surface area contributed by atoms with Crippen LogP contribution in [0.15, 0.2) is 23.8 Å². The molecule has 0 bridgehead atoms. The van der Waals surface area contributed by atoms with Crippen LogP contribution in [0.1, 0.15) is 0 Å². The third kappa shape index (κ3) is 2.09. The minimum absolute atomic E-state index is 0.199. The Hall–Kier alpha value is -1.40. The van der Waals surface area contributed by atoms with E-state index in [1.165, 1.54) is 0 Å². The maximum atomic E-state index is 12.7. The van der Waals surface area contributed by atoms with Gasteiger partial charge in [0.15, 0.2) is 0 Å². The smallest absolute Gasteiger partial charge is 0.263 e. The standard InChI is InChI=1S/C7H4F4NO2/c8-5-2-1-4(7(9,10)11)3-6(5)12(13)14/h1-3,5H. The molecule has 0 fully saturated rings. The van der Waals surface area contributed by atoms with Crippen molar-refractivity contribution in [3.8, 4) is 0 Å². The van der Waals surface area contributed by atoms with Crippen molar-refractivity contribution in [2.24, 2.45) is 0 Å². The summed E-state index contributed by atoms with van der Waals surface area (Å²) in [7, 11) is 0. The van der Waals surface area contributed by atoms with Crippen molar-refractivity contribution >= 4 is 0 Å². The van der Waals surface area contributed by atoms with E-state index < -0.39 is 28.9 Å². The number of hydrogen-bond donors (Lipinski definition) is 0. The maximum absolute atomic E-state index is 12.7. The van der Waals surface area contributed by atoms with E-state index in [1.807, 2.05) is 0 Å². The molecule has 0 aromatic carbocycles. The number of nitrogens with zero attached hydrogens (tertiary/aromatic N) is 1. The third-order valence-electron chi connectivity index (χ3n) is 1.57. The van der Waals surface area contributed by atoms with E-state index >= 15 is 0 Å². The summed E-state index contributed by atoms with van der Waals surface area (Å²) >= 11 is 0. The fourth-order valence-corrected chi connectivity index (χ4v) is 0.904. The first-order valence-electron chi connectivity index (χ1n) is 3.45. The van der Waals surface area contributed by atoms with Crippen LogP contribution < -0.4 is 0 Å². The molecule has 1 atom stereocenters. The predicted octanol–water partition coefficient (Wildman–Crippen LogP) is 2.19. The predicted molar refractivity (Wildman–Crippen MR) is 38.4 cm³/mol. The zero-order chi connectivity index (χ0) is 10.9. The highest BCUT2D eigenvalue weighted by molar-refractivity contribution is 5.35. The van der Waals surface area contributed by atoms with Crippen molar-refractivity contribution < 1.29 is 22.5 Å². The molecule has 0 N–H and O–H groups in total. The normalized spacial score (nSPS) is 23.4. The van der Waals surface area contributed by atoms with Gasteiger partial charge in [0, 0.05) is 11.0 Å². The number of halogens is 4. The van der Waals surface area contributed by atoms with Crippen LogP contribution in [0.3, 0.4) is 0 Å². The average Bonchev–Trinajstić information content (AvgIpc) is 2.02. The lowest BCUT2D eigenvalue weighted by Crippen LogP contribution is -2.24. The average molecular weight is 210 g/mol. The van der Waals surface area contributed by atoms with E-state index in [4.69, 9.17) is 0 Å². The second kappa shape index (κ2) is 3.39. The Balaban J connectivity index is 2.97. The molecule has 3 nitrogen and oxygen atoms in total. The van der Waals surface area contributed by atoms with E-state index in [0.717, 1.165) is 0 Å². The summed E-state index contributed by atoms with van der Waals surface area (Å²) in [6.45, 7) is 0.